The maximum atomic E-state index is 6.27. The Morgan fingerprint density at radius 1 is 1.38 bits per heavy atom. The molecule has 4 heteroatoms. The Morgan fingerprint density at radius 2 is 2.19 bits per heavy atom. The predicted octanol–water partition coefficient (Wildman–Crippen LogP) is 3.46. The van der Waals surface area contributed by atoms with E-state index in [2.05, 4.69) is 30.8 Å². The van der Waals surface area contributed by atoms with Gasteiger partial charge in [0, 0.05) is 25.3 Å². The number of nitrogens with two attached hydrogens (primary N) is 1. The molecule has 0 radical (unpaired) electrons. The molecular formula is C17H31N3O. The molecule has 1 aromatic rings. The highest BCUT2D eigenvalue weighted by Gasteiger charge is 2.16. The van der Waals surface area contributed by atoms with Gasteiger partial charge in [-0.25, -0.2) is 0 Å². The van der Waals surface area contributed by atoms with Gasteiger partial charge < -0.3 is 10.5 Å². The van der Waals surface area contributed by atoms with Crippen LogP contribution < -0.4 is 5.73 Å². The van der Waals surface area contributed by atoms with E-state index in [-0.39, 0.29) is 6.04 Å². The zero-order chi connectivity index (χ0) is 15.1. The van der Waals surface area contributed by atoms with E-state index in [0.717, 1.165) is 44.4 Å². The summed E-state index contributed by atoms with van der Waals surface area (Å²) in [5.41, 5.74) is 7.39. The van der Waals surface area contributed by atoms with E-state index in [1.54, 1.807) is 0 Å². The predicted molar refractivity (Wildman–Crippen MR) is 86.4 cm³/mol. The van der Waals surface area contributed by atoms with E-state index >= 15 is 0 Å². The quantitative estimate of drug-likeness (QED) is 0.798. The minimum atomic E-state index is 0.195. The summed E-state index contributed by atoms with van der Waals surface area (Å²) in [7, 11) is 0. The van der Waals surface area contributed by atoms with Crippen molar-refractivity contribution in [2.45, 2.75) is 83.4 Å². The molecule has 2 atom stereocenters. The molecule has 120 valence electrons. The van der Waals surface area contributed by atoms with E-state index < -0.39 is 0 Å². The molecule has 4 nitrogen and oxygen atoms in total. The number of ether oxygens (including phenoxy) is 1. The lowest BCUT2D eigenvalue weighted by atomic mass is 10.00. The van der Waals surface area contributed by atoms with Gasteiger partial charge in [0.05, 0.1) is 17.8 Å². The Bertz CT molecular complexity index is 394. The Morgan fingerprint density at radius 3 is 2.86 bits per heavy atom. The lowest BCUT2D eigenvalue weighted by molar-refractivity contribution is 0.00914. The van der Waals surface area contributed by atoms with Crippen LogP contribution in [0, 0.1) is 0 Å². The third-order valence-corrected chi connectivity index (χ3v) is 4.58. The zero-order valence-corrected chi connectivity index (χ0v) is 13.6. The third kappa shape index (κ3) is 5.11. The second-order valence-electron chi connectivity index (χ2n) is 6.29. The lowest BCUT2D eigenvalue weighted by Gasteiger charge is -2.23. The molecule has 1 aliphatic heterocycles. The standard InChI is InChI=1S/C17H31N3O/c1-3-16(4-2)20-11-10-15(19-20)13-14(18)8-9-17-7-5-6-12-21-17/h10-11,14,16-17H,3-9,12-13,18H2,1-2H3. The molecule has 0 spiro atoms. The minimum absolute atomic E-state index is 0.195. The molecule has 1 saturated heterocycles. The maximum absolute atomic E-state index is 6.27. The number of nitrogens with zero attached hydrogens (tertiary/aromatic N) is 2. The average Bonchev–Trinajstić information content (AvgIpc) is 2.96. The van der Waals surface area contributed by atoms with Gasteiger partial charge in [-0.3, -0.25) is 4.68 Å². The Labute approximate surface area is 129 Å². The van der Waals surface area contributed by atoms with Crippen LogP contribution in [0.4, 0.5) is 0 Å². The first-order valence-corrected chi connectivity index (χ1v) is 8.64. The van der Waals surface area contributed by atoms with Crippen molar-refractivity contribution >= 4 is 0 Å². The summed E-state index contributed by atoms with van der Waals surface area (Å²) in [6, 6.07) is 2.83. The van der Waals surface area contributed by atoms with Crippen LogP contribution in [0.1, 0.15) is 70.5 Å². The highest BCUT2D eigenvalue weighted by atomic mass is 16.5. The average molecular weight is 293 g/mol. The number of rotatable bonds is 8. The van der Waals surface area contributed by atoms with Gasteiger partial charge in [-0.05, 0) is 51.0 Å². The van der Waals surface area contributed by atoms with Crippen molar-refractivity contribution < 1.29 is 4.74 Å². The molecule has 2 unspecified atom stereocenters. The summed E-state index contributed by atoms with van der Waals surface area (Å²) in [5, 5.41) is 4.69. The molecule has 2 rings (SSSR count). The SMILES string of the molecule is CCC(CC)n1ccc(CC(N)CCC2CCCCO2)n1. The van der Waals surface area contributed by atoms with Crippen LogP contribution in [0.3, 0.4) is 0 Å². The first kappa shape index (κ1) is 16.5. The highest BCUT2D eigenvalue weighted by molar-refractivity contribution is 5.02. The highest BCUT2D eigenvalue weighted by Crippen LogP contribution is 2.19. The first-order valence-electron chi connectivity index (χ1n) is 8.64. The van der Waals surface area contributed by atoms with Crippen LogP contribution in [-0.2, 0) is 11.2 Å². The van der Waals surface area contributed by atoms with E-state index in [1.165, 1.54) is 19.3 Å². The lowest BCUT2D eigenvalue weighted by Crippen LogP contribution is -2.27. The fraction of sp³-hybridized carbons (Fsp3) is 0.824. The Hall–Kier alpha value is -0.870. The van der Waals surface area contributed by atoms with Crippen LogP contribution in [0.25, 0.3) is 0 Å². The molecule has 2 N–H and O–H groups in total. The molecule has 1 aromatic heterocycles. The van der Waals surface area contributed by atoms with Crippen LogP contribution >= 0.6 is 0 Å². The summed E-state index contributed by atoms with van der Waals surface area (Å²) >= 11 is 0. The van der Waals surface area contributed by atoms with Crippen LogP contribution in [0.2, 0.25) is 0 Å². The summed E-state index contributed by atoms with van der Waals surface area (Å²) in [6.45, 7) is 5.36. The van der Waals surface area contributed by atoms with Crippen molar-refractivity contribution in [2.24, 2.45) is 5.73 Å². The molecule has 0 amide bonds. The van der Waals surface area contributed by atoms with E-state index in [1.807, 2.05) is 0 Å². The second kappa shape index (κ2) is 8.54. The first-order chi connectivity index (χ1) is 10.2. The summed E-state index contributed by atoms with van der Waals surface area (Å²) in [6.07, 6.45) is 11.5. The van der Waals surface area contributed by atoms with Crippen molar-refractivity contribution in [1.29, 1.82) is 0 Å². The molecular weight excluding hydrogens is 262 g/mol. The van der Waals surface area contributed by atoms with Crippen molar-refractivity contribution in [3.8, 4) is 0 Å². The smallest absolute Gasteiger partial charge is 0.0640 e. The van der Waals surface area contributed by atoms with E-state index in [0.29, 0.717) is 12.1 Å². The molecule has 0 aliphatic carbocycles. The monoisotopic (exact) mass is 293 g/mol. The van der Waals surface area contributed by atoms with Gasteiger partial charge in [0.15, 0.2) is 0 Å². The van der Waals surface area contributed by atoms with Gasteiger partial charge in [0.1, 0.15) is 0 Å². The molecule has 0 aromatic carbocycles. The molecule has 1 aliphatic rings. The summed E-state index contributed by atoms with van der Waals surface area (Å²) in [4.78, 5) is 0. The molecule has 1 fully saturated rings. The number of hydrogen-bond acceptors (Lipinski definition) is 3. The van der Waals surface area contributed by atoms with Gasteiger partial charge in [-0.15, -0.1) is 0 Å². The van der Waals surface area contributed by atoms with E-state index in [9.17, 15) is 0 Å². The number of hydrogen-bond donors (Lipinski definition) is 1. The normalized spacial score (nSPS) is 20.9. The fourth-order valence-corrected chi connectivity index (χ4v) is 3.16. The largest absolute Gasteiger partial charge is 0.378 e. The van der Waals surface area contributed by atoms with Crippen molar-refractivity contribution in [3.63, 3.8) is 0 Å². The molecule has 21 heavy (non-hydrogen) atoms. The summed E-state index contributed by atoms with van der Waals surface area (Å²) < 4.78 is 7.87. The van der Waals surface area contributed by atoms with Crippen molar-refractivity contribution in [1.82, 2.24) is 9.78 Å². The van der Waals surface area contributed by atoms with Crippen LogP contribution in [0.5, 0.6) is 0 Å². The Balaban J connectivity index is 1.75. The molecule has 0 bridgehead atoms. The molecule has 0 saturated carbocycles. The maximum Gasteiger partial charge on any atom is 0.0640 e. The van der Waals surface area contributed by atoms with Crippen LogP contribution in [0.15, 0.2) is 12.3 Å². The topological polar surface area (TPSA) is 53.1 Å². The minimum Gasteiger partial charge on any atom is -0.378 e. The molecule has 2 heterocycles. The van der Waals surface area contributed by atoms with Gasteiger partial charge in [0.2, 0.25) is 0 Å². The van der Waals surface area contributed by atoms with Crippen molar-refractivity contribution in [3.05, 3.63) is 18.0 Å². The van der Waals surface area contributed by atoms with Crippen LogP contribution in [-0.4, -0.2) is 28.5 Å². The summed E-state index contributed by atoms with van der Waals surface area (Å²) in [5.74, 6) is 0. The zero-order valence-electron chi connectivity index (χ0n) is 13.6. The number of aromatic nitrogens is 2. The third-order valence-electron chi connectivity index (χ3n) is 4.58. The van der Waals surface area contributed by atoms with Crippen molar-refractivity contribution in [2.75, 3.05) is 6.61 Å². The van der Waals surface area contributed by atoms with Gasteiger partial charge in [-0.2, -0.15) is 5.10 Å². The van der Waals surface area contributed by atoms with Gasteiger partial charge >= 0.3 is 0 Å². The fourth-order valence-electron chi connectivity index (χ4n) is 3.16. The van der Waals surface area contributed by atoms with Gasteiger partial charge in [0.25, 0.3) is 0 Å². The Kier molecular flexibility index (Phi) is 6.71. The van der Waals surface area contributed by atoms with E-state index in [4.69, 9.17) is 15.6 Å². The second-order valence-corrected chi connectivity index (χ2v) is 6.29. The van der Waals surface area contributed by atoms with Gasteiger partial charge in [-0.1, -0.05) is 13.8 Å².